The average molecular weight is 324 g/mol. The van der Waals surface area contributed by atoms with Gasteiger partial charge in [0.2, 0.25) is 0 Å². The molecule has 0 amide bonds. The first kappa shape index (κ1) is 24.0. The summed E-state index contributed by atoms with van der Waals surface area (Å²) in [6.45, 7) is 14.4. The second kappa shape index (κ2) is 17.1. The molecule has 0 aliphatic carbocycles. The van der Waals surface area contributed by atoms with Gasteiger partial charge in [0.15, 0.2) is 0 Å². The van der Waals surface area contributed by atoms with Crippen molar-refractivity contribution in [1.82, 2.24) is 0 Å². The topological polar surface area (TPSA) is 77.4 Å². The maximum Gasteiger partial charge on any atom is 0.0781 e. The Labute approximate surface area is 135 Å². The predicted molar refractivity (Wildman–Crippen MR) is 87.2 cm³/mol. The molecule has 0 aromatic heterocycles. The van der Waals surface area contributed by atoms with Gasteiger partial charge in [-0.1, -0.05) is 0 Å². The zero-order valence-corrected chi connectivity index (χ0v) is 15.1. The van der Waals surface area contributed by atoms with Gasteiger partial charge in [-0.2, -0.15) is 0 Å². The monoisotopic (exact) mass is 324 g/mol. The number of hydrogen-bond donors (Lipinski definition) is 2. The normalized spacial score (nSPS) is 16.4. The van der Waals surface area contributed by atoms with Crippen molar-refractivity contribution in [2.24, 2.45) is 0 Å². The molecule has 0 radical (unpaired) electrons. The Morgan fingerprint density at radius 1 is 0.727 bits per heavy atom. The lowest BCUT2D eigenvalue weighted by atomic mass is 10.4. The Hall–Kier alpha value is -0.240. The number of hydrogen-bond acceptors (Lipinski definition) is 6. The van der Waals surface area contributed by atoms with Crippen LogP contribution < -0.4 is 0 Å². The fraction of sp³-hybridized carbons (Fsp3) is 1.00. The smallest absolute Gasteiger partial charge is 0.0781 e. The number of ether oxygens (including phenoxy) is 4. The molecule has 4 unspecified atom stereocenters. The predicted octanol–water partition coefficient (Wildman–Crippen LogP) is 1.62. The number of aliphatic hydroxyl groups is 2. The number of aliphatic hydroxyl groups excluding tert-OH is 2. The Morgan fingerprint density at radius 3 is 1.73 bits per heavy atom. The first-order chi connectivity index (χ1) is 10.4. The van der Waals surface area contributed by atoms with Gasteiger partial charge in [-0.05, 0) is 41.5 Å². The summed E-state index contributed by atoms with van der Waals surface area (Å²) >= 11 is 0. The van der Waals surface area contributed by atoms with Gasteiger partial charge < -0.3 is 29.2 Å². The zero-order chi connectivity index (χ0) is 17.4. The lowest BCUT2D eigenvalue weighted by Gasteiger charge is -2.16. The highest BCUT2D eigenvalue weighted by Crippen LogP contribution is 1.97. The highest BCUT2D eigenvalue weighted by atomic mass is 16.5. The summed E-state index contributed by atoms with van der Waals surface area (Å²) in [5.41, 5.74) is 0. The largest absolute Gasteiger partial charge is 0.394 e. The van der Waals surface area contributed by atoms with Gasteiger partial charge in [-0.25, -0.2) is 0 Å². The molecule has 6 nitrogen and oxygen atoms in total. The van der Waals surface area contributed by atoms with E-state index < -0.39 is 6.10 Å². The van der Waals surface area contributed by atoms with E-state index in [9.17, 15) is 0 Å². The summed E-state index contributed by atoms with van der Waals surface area (Å²) in [6.07, 6.45) is -0.408. The van der Waals surface area contributed by atoms with Gasteiger partial charge in [0.25, 0.3) is 0 Å². The maximum absolute atomic E-state index is 8.92. The third kappa shape index (κ3) is 19.8. The van der Waals surface area contributed by atoms with Crippen molar-refractivity contribution in [3.8, 4) is 0 Å². The average Bonchev–Trinajstić information content (AvgIpc) is 2.49. The number of rotatable bonds is 12. The molecule has 22 heavy (non-hydrogen) atoms. The minimum Gasteiger partial charge on any atom is -0.394 e. The van der Waals surface area contributed by atoms with Gasteiger partial charge in [-0.15, -0.1) is 0 Å². The summed E-state index contributed by atoms with van der Waals surface area (Å²) in [5, 5.41) is 17.6. The Balaban J connectivity index is 0. The first-order valence-electron chi connectivity index (χ1n) is 8.08. The third-order valence-corrected chi connectivity index (χ3v) is 2.50. The van der Waals surface area contributed by atoms with Gasteiger partial charge in [-0.3, -0.25) is 0 Å². The van der Waals surface area contributed by atoms with Crippen LogP contribution in [0.2, 0.25) is 0 Å². The van der Waals surface area contributed by atoms with E-state index in [-0.39, 0.29) is 24.9 Å². The fourth-order valence-electron chi connectivity index (χ4n) is 1.32. The van der Waals surface area contributed by atoms with E-state index in [0.717, 1.165) is 13.2 Å². The van der Waals surface area contributed by atoms with E-state index in [1.54, 1.807) is 13.8 Å². The molecule has 0 saturated carbocycles. The van der Waals surface area contributed by atoms with Crippen LogP contribution in [0.5, 0.6) is 0 Å². The summed E-state index contributed by atoms with van der Waals surface area (Å²) in [5.74, 6) is 0. The van der Waals surface area contributed by atoms with Crippen LogP contribution in [0, 0.1) is 0 Å². The standard InChI is InChI=1S/C9H20O4.C7H16O2/c1-7(11)5-12-9(3)6-13-8(2)4-10;1-4-8-6-7(3)9-5-2/h7-11H,4-6H2,1-3H3;7H,4-6H2,1-3H3. The molecular formula is C16H36O6. The van der Waals surface area contributed by atoms with Crippen molar-refractivity contribution in [1.29, 1.82) is 0 Å². The molecule has 0 spiro atoms. The molecule has 0 saturated heterocycles. The third-order valence-electron chi connectivity index (χ3n) is 2.50. The van der Waals surface area contributed by atoms with Crippen LogP contribution in [0.15, 0.2) is 0 Å². The molecule has 0 aromatic rings. The lowest BCUT2D eigenvalue weighted by molar-refractivity contribution is -0.0620. The summed E-state index contributed by atoms with van der Waals surface area (Å²) in [6, 6.07) is 0. The second-order valence-corrected chi connectivity index (χ2v) is 5.24. The van der Waals surface area contributed by atoms with E-state index in [0.29, 0.717) is 19.8 Å². The Kier molecular flexibility index (Phi) is 18.7. The summed E-state index contributed by atoms with van der Waals surface area (Å²) < 4.78 is 20.8. The van der Waals surface area contributed by atoms with Crippen LogP contribution in [0.1, 0.15) is 41.5 Å². The Bertz CT molecular complexity index is 213. The van der Waals surface area contributed by atoms with E-state index in [4.69, 9.17) is 29.2 Å². The highest BCUT2D eigenvalue weighted by molar-refractivity contribution is 4.53. The van der Waals surface area contributed by atoms with Crippen molar-refractivity contribution >= 4 is 0 Å². The van der Waals surface area contributed by atoms with Crippen molar-refractivity contribution < 1.29 is 29.2 Å². The molecule has 4 atom stereocenters. The SMILES string of the molecule is CC(O)COC(C)COC(C)CO.CCOCC(C)OCC. The van der Waals surface area contributed by atoms with Gasteiger partial charge in [0.05, 0.1) is 50.8 Å². The second-order valence-electron chi connectivity index (χ2n) is 5.24. The van der Waals surface area contributed by atoms with Crippen LogP contribution in [-0.2, 0) is 18.9 Å². The van der Waals surface area contributed by atoms with Crippen molar-refractivity contribution in [3.05, 3.63) is 0 Å². The molecule has 0 bridgehead atoms. The minimum atomic E-state index is -0.447. The van der Waals surface area contributed by atoms with Gasteiger partial charge in [0.1, 0.15) is 0 Å². The van der Waals surface area contributed by atoms with Crippen LogP contribution in [0.3, 0.4) is 0 Å². The Morgan fingerprint density at radius 2 is 1.27 bits per heavy atom. The summed E-state index contributed by atoms with van der Waals surface area (Å²) in [4.78, 5) is 0. The van der Waals surface area contributed by atoms with Crippen molar-refractivity contribution in [3.63, 3.8) is 0 Å². The zero-order valence-electron chi connectivity index (χ0n) is 15.1. The molecule has 0 aromatic carbocycles. The van der Waals surface area contributed by atoms with Crippen molar-refractivity contribution in [2.75, 3.05) is 39.6 Å². The van der Waals surface area contributed by atoms with Gasteiger partial charge >= 0.3 is 0 Å². The molecule has 2 N–H and O–H groups in total. The molecule has 0 aliphatic rings. The first-order valence-corrected chi connectivity index (χ1v) is 8.08. The lowest BCUT2D eigenvalue weighted by Crippen LogP contribution is -2.24. The highest BCUT2D eigenvalue weighted by Gasteiger charge is 2.07. The van der Waals surface area contributed by atoms with Crippen LogP contribution in [0.25, 0.3) is 0 Å². The van der Waals surface area contributed by atoms with Crippen molar-refractivity contribution in [2.45, 2.75) is 66.0 Å². The van der Waals surface area contributed by atoms with E-state index >= 15 is 0 Å². The molecular weight excluding hydrogens is 288 g/mol. The van der Waals surface area contributed by atoms with Gasteiger partial charge in [0, 0.05) is 13.2 Å². The molecule has 0 rings (SSSR count). The van der Waals surface area contributed by atoms with E-state index in [2.05, 4.69) is 0 Å². The fourth-order valence-corrected chi connectivity index (χ4v) is 1.32. The molecule has 136 valence electrons. The molecule has 6 heteroatoms. The van der Waals surface area contributed by atoms with Crippen LogP contribution >= 0.6 is 0 Å². The van der Waals surface area contributed by atoms with Crippen LogP contribution in [-0.4, -0.2) is 74.3 Å². The summed E-state index contributed by atoms with van der Waals surface area (Å²) in [7, 11) is 0. The molecule has 0 fully saturated rings. The van der Waals surface area contributed by atoms with Crippen LogP contribution in [0.4, 0.5) is 0 Å². The molecule has 0 aliphatic heterocycles. The maximum atomic E-state index is 8.92. The van der Waals surface area contributed by atoms with E-state index in [1.165, 1.54) is 0 Å². The quantitative estimate of drug-likeness (QED) is 0.568. The van der Waals surface area contributed by atoms with E-state index in [1.807, 2.05) is 27.7 Å². The minimum absolute atomic E-state index is 0.0170. The molecule has 0 heterocycles.